The van der Waals surface area contributed by atoms with E-state index in [1.807, 2.05) is 48.9 Å². The number of aromatic nitrogens is 3. The Labute approximate surface area is 158 Å². The Kier molecular flexibility index (Phi) is 6.65. The van der Waals surface area contributed by atoms with E-state index in [9.17, 15) is 4.79 Å². The van der Waals surface area contributed by atoms with Crippen LogP contribution in [0.4, 0.5) is 0 Å². The number of carbonyl (C=O) groups is 1. The number of hydrogen-bond acceptors (Lipinski definition) is 6. The predicted octanol–water partition coefficient (Wildman–Crippen LogP) is 1.62. The van der Waals surface area contributed by atoms with Gasteiger partial charge in [-0.3, -0.25) is 9.69 Å². The molecule has 1 N–H and O–H groups in total. The van der Waals surface area contributed by atoms with E-state index in [0.717, 1.165) is 49.4 Å². The van der Waals surface area contributed by atoms with Crippen LogP contribution in [0, 0.1) is 0 Å². The standard InChI is InChI=1S/C18H25N5O2S/c1-14(15-6-4-3-5-7-15)19-17(24)13-26-18-21-20-16(22(18)2)12-23-8-10-25-11-9-23/h3-7,14H,8-13H2,1-2H3,(H,19,24). The van der Waals surface area contributed by atoms with Gasteiger partial charge in [0.05, 0.1) is 31.6 Å². The third-order valence-electron chi connectivity index (χ3n) is 4.40. The van der Waals surface area contributed by atoms with Gasteiger partial charge in [-0.05, 0) is 12.5 Å². The fraction of sp³-hybridized carbons (Fsp3) is 0.500. The van der Waals surface area contributed by atoms with Crippen LogP contribution in [0.3, 0.4) is 0 Å². The number of benzene rings is 1. The average molecular weight is 375 g/mol. The fourth-order valence-corrected chi connectivity index (χ4v) is 3.55. The summed E-state index contributed by atoms with van der Waals surface area (Å²) in [4.78, 5) is 14.5. The van der Waals surface area contributed by atoms with E-state index in [1.54, 1.807) is 0 Å². The number of hydrogen-bond donors (Lipinski definition) is 1. The molecule has 1 aromatic carbocycles. The minimum Gasteiger partial charge on any atom is -0.379 e. The molecule has 8 heteroatoms. The normalized spacial score (nSPS) is 16.4. The van der Waals surface area contributed by atoms with Crippen LogP contribution in [0.5, 0.6) is 0 Å². The largest absolute Gasteiger partial charge is 0.379 e. The van der Waals surface area contributed by atoms with Crippen LogP contribution in [0.25, 0.3) is 0 Å². The van der Waals surface area contributed by atoms with Crippen molar-refractivity contribution in [2.75, 3.05) is 32.1 Å². The fourth-order valence-electron chi connectivity index (χ4n) is 2.81. The number of ether oxygens (including phenoxy) is 1. The van der Waals surface area contributed by atoms with Crippen LogP contribution in [-0.2, 0) is 23.1 Å². The second-order valence-corrected chi connectivity index (χ2v) is 7.28. The van der Waals surface area contributed by atoms with E-state index in [0.29, 0.717) is 5.75 Å². The van der Waals surface area contributed by atoms with Crippen LogP contribution in [-0.4, -0.2) is 57.6 Å². The maximum Gasteiger partial charge on any atom is 0.230 e. The number of rotatable bonds is 7. The first kappa shape index (κ1) is 18.9. The second kappa shape index (κ2) is 9.16. The van der Waals surface area contributed by atoms with Crippen molar-refractivity contribution in [2.24, 2.45) is 7.05 Å². The maximum atomic E-state index is 12.2. The first-order valence-corrected chi connectivity index (χ1v) is 9.77. The van der Waals surface area contributed by atoms with Gasteiger partial charge in [-0.1, -0.05) is 42.1 Å². The SMILES string of the molecule is CC(NC(=O)CSc1nnc(CN2CCOCC2)n1C)c1ccccc1. The zero-order valence-corrected chi connectivity index (χ0v) is 16.0. The zero-order chi connectivity index (χ0) is 18.4. The van der Waals surface area contributed by atoms with E-state index in [2.05, 4.69) is 20.4 Å². The first-order valence-electron chi connectivity index (χ1n) is 8.79. The number of nitrogens with zero attached hydrogens (tertiary/aromatic N) is 4. The Morgan fingerprint density at radius 3 is 2.73 bits per heavy atom. The highest BCUT2D eigenvalue weighted by Gasteiger charge is 2.17. The van der Waals surface area contributed by atoms with Crippen LogP contribution in [0.15, 0.2) is 35.5 Å². The Balaban J connectivity index is 1.49. The van der Waals surface area contributed by atoms with Crippen LogP contribution in [0.1, 0.15) is 24.4 Å². The van der Waals surface area contributed by atoms with Crippen molar-refractivity contribution in [1.29, 1.82) is 0 Å². The molecular formula is C18H25N5O2S. The second-order valence-electron chi connectivity index (χ2n) is 6.33. The smallest absolute Gasteiger partial charge is 0.230 e. The van der Waals surface area contributed by atoms with Gasteiger partial charge in [0, 0.05) is 20.1 Å². The van der Waals surface area contributed by atoms with Gasteiger partial charge >= 0.3 is 0 Å². The highest BCUT2D eigenvalue weighted by Crippen LogP contribution is 2.17. The summed E-state index contributed by atoms with van der Waals surface area (Å²) in [5.41, 5.74) is 1.09. The van der Waals surface area contributed by atoms with E-state index in [1.165, 1.54) is 11.8 Å². The summed E-state index contributed by atoms with van der Waals surface area (Å²) >= 11 is 1.41. The molecule has 1 aliphatic rings. The Bertz CT molecular complexity index is 716. The molecule has 1 atom stereocenters. The first-order chi connectivity index (χ1) is 12.6. The highest BCUT2D eigenvalue weighted by molar-refractivity contribution is 7.99. The Morgan fingerprint density at radius 2 is 2.00 bits per heavy atom. The summed E-state index contributed by atoms with van der Waals surface area (Å²) in [5, 5.41) is 12.3. The lowest BCUT2D eigenvalue weighted by Crippen LogP contribution is -2.36. The van der Waals surface area contributed by atoms with Gasteiger partial charge in [-0.25, -0.2) is 0 Å². The minimum absolute atomic E-state index is 0.0101. The summed E-state index contributed by atoms with van der Waals surface area (Å²) < 4.78 is 7.33. The summed E-state index contributed by atoms with van der Waals surface area (Å²) in [7, 11) is 1.95. The molecule has 1 aromatic heterocycles. The van der Waals surface area contributed by atoms with Gasteiger partial charge < -0.3 is 14.6 Å². The molecule has 0 radical (unpaired) electrons. The van der Waals surface area contributed by atoms with Crippen molar-refractivity contribution >= 4 is 17.7 Å². The molecule has 0 aliphatic carbocycles. The maximum absolute atomic E-state index is 12.2. The molecule has 0 bridgehead atoms. The molecule has 3 rings (SSSR count). The number of thioether (sulfide) groups is 1. The van der Waals surface area contributed by atoms with Gasteiger partial charge in [0.25, 0.3) is 0 Å². The molecule has 1 unspecified atom stereocenters. The van der Waals surface area contributed by atoms with Crippen molar-refractivity contribution in [1.82, 2.24) is 25.0 Å². The monoisotopic (exact) mass is 375 g/mol. The number of amides is 1. The quantitative estimate of drug-likeness (QED) is 0.742. The average Bonchev–Trinajstić information content (AvgIpc) is 3.01. The van der Waals surface area contributed by atoms with Crippen molar-refractivity contribution in [2.45, 2.75) is 24.7 Å². The summed E-state index contributed by atoms with van der Waals surface area (Å²) in [6.45, 7) is 6.09. The van der Waals surface area contributed by atoms with Crippen LogP contribution in [0.2, 0.25) is 0 Å². The van der Waals surface area contributed by atoms with E-state index in [4.69, 9.17) is 4.74 Å². The molecule has 7 nitrogen and oxygen atoms in total. The number of carbonyl (C=O) groups excluding carboxylic acids is 1. The predicted molar refractivity (Wildman–Crippen MR) is 101 cm³/mol. The lowest BCUT2D eigenvalue weighted by atomic mass is 10.1. The molecular weight excluding hydrogens is 350 g/mol. The molecule has 140 valence electrons. The van der Waals surface area contributed by atoms with Crippen LogP contribution < -0.4 is 5.32 Å². The summed E-state index contributed by atoms with van der Waals surface area (Å²) in [5.74, 6) is 1.22. The van der Waals surface area contributed by atoms with E-state index < -0.39 is 0 Å². The topological polar surface area (TPSA) is 72.3 Å². The molecule has 1 amide bonds. The number of nitrogens with one attached hydrogen (secondary N) is 1. The van der Waals surface area contributed by atoms with Crippen molar-refractivity contribution in [3.05, 3.63) is 41.7 Å². The summed E-state index contributed by atoms with van der Waals surface area (Å²) in [6.07, 6.45) is 0. The third-order valence-corrected chi connectivity index (χ3v) is 5.42. The lowest BCUT2D eigenvalue weighted by Gasteiger charge is -2.25. The lowest BCUT2D eigenvalue weighted by molar-refractivity contribution is -0.119. The van der Waals surface area contributed by atoms with Crippen molar-refractivity contribution in [3.8, 4) is 0 Å². The Morgan fingerprint density at radius 1 is 1.27 bits per heavy atom. The molecule has 1 aliphatic heterocycles. The molecule has 0 saturated carbocycles. The Hall–Kier alpha value is -1.90. The van der Waals surface area contributed by atoms with E-state index >= 15 is 0 Å². The van der Waals surface area contributed by atoms with Gasteiger partial charge in [-0.2, -0.15) is 0 Å². The van der Waals surface area contributed by atoms with Crippen LogP contribution >= 0.6 is 11.8 Å². The van der Waals surface area contributed by atoms with Gasteiger partial charge in [0.2, 0.25) is 5.91 Å². The van der Waals surface area contributed by atoms with Gasteiger partial charge in [-0.15, -0.1) is 10.2 Å². The van der Waals surface area contributed by atoms with E-state index in [-0.39, 0.29) is 11.9 Å². The highest BCUT2D eigenvalue weighted by atomic mass is 32.2. The molecule has 1 saturated heterocycles. The number of morpholine rings is 1. The third kappa shape index (κ3) is 5.06. The molecule has 26 heavy (non-hydrogen) atoms. The molecule has 2 aromatic rings. The molecule has 2 heterocycles. The van der Waals surface area contributed by atoms with Crippen molar-refractivity contribution < 1.29 is 9.53 Å². The zero-order valence-electron chi connectivity index (χ0n) is 15.2. The molecule has 0 spiro atoms. The van der Waals surface area contributed by atoms with Gasteiger partial charge in [0.1, 0.15) is 5.82 Å². The van der Waals surface area contributed by atoms with Gasteiger partial charge in [0.15, 0.2) is 5.16 Å². The summed E-state index contributed by atoms with van der Waals surface area (Å²) in [6, 6.07) is 9.93. The van der Waals surface area contributed by atoms with Crippen molar-refractivity contribution in [3.63, 3.8) is 0 Å². The minimum atomic E-state index is -0.0133. The molecule has 1 fully saturated rings.